The van der Waals surface area contributed by atoms with Gasteiger partial charge in [-0.15, -0.1) is 0 Å². The molecule has 0 saturated heterocycles. The lowest BCUT2D eigenvalue weighted by molar-refractivity contribution is -0.138. The van der Waals surface area contributed by atoms with Crippen molar-refractivity contribution < 1.29 is 27.4 Å². The molecule has 2 rings (SSSR count). The standard InChI is InChI=1S/C16H14ClF3N2O4/c1-25-10-3-4-13(26-2)12(6-10)21-14(23)8-22-7-9(16(18,19)20)5-11(17)15(22)24/h3-7H,8H2,1-2H3,(H,21,23). The third-order valence-corrected chi connectivity index (χ3v) is 3.64. The molecular weight excluding hydrogens is 377 g/mol. The first-order valence-electron chi connectivity index (χ1n) is 7.14. The topological polar surface area (TPSA) is 69.6 Å². The molecule has 10 heteroatoms. The fourth-order valence-electron chi connectivity index (χ4n) is 2.13. The lowest BCUT2D eigenvalue weighted by Crippen LogP contribution is -2.29. The van der Waals surface area contributed by atoms with Crippen LogP contribution in [-0.2, 0) is 17.5 Å². The second-order valence-corrected chi connectivity index (χ2v) is 5.53. The van der Waals surface area contributed by atoms with Gasteiger partial charge in [0.2, 0.25) is 5.91 Å². The summed E-state index contributed by atoms with van der Waals surface area (Å²) in [6, 6.07) is 5.13. The number of methoxy groups -OCH3 is 2. The number of hydrogen-bond donors (Lipinski definition) is 1. The molecule has 1 aromatic carbocycles. The highest BCUT2D eigenvalue weighted by atomic mass is 35.5. The maximum absolute atomic E-state index is 12.8. The number of rotatable bonds is 5. The minimum Gasteiger partial charge on any atom is -0.497 e. The van der Waals surface area contributed by atoms with E-state index < -0.39 is 34.8 Å². The Morgan fingerprint density at radius 2 is 1.92 bits per heavy atom. The van der Waals surface area contributed by atoms with Gasteiger partial charge < -0.3 is 19.4 Å². The number of halogens is 4. The zero-order chi connectivity index (χ0) is 19.5. The van der Waals surface area contributed by atoms with Gasteiger partial charge in [0.15, 0.2) is 0 Å². The van der Waals surface area contributed by atoms with Crippen molar-refractivity contribution in [3.63, 3.8) is 0 Å². The predicted molar refractivity (Wildman–Crippen MR) is 88.9 cm³/mol. The van der Waals surface area contributed by atoms with Crippen LogP contribution in [0.15, 0.2) is 35.3 Å². The van der Waals surface area contributed by atoms with Gasteiger partial charge in [0, 0.05) is 12.3 Å². The van der Waals surface area contributed by atoms with Crippen LogP contribution in [0.1, 0.15) is 5.56 Å². The van der Waals surface area contributed by atoms with E-state index in [0.717, 1.165) is 0 Å². The summed E-state index contributed by atoms with van der Waals surface area (Å²) in [5.41, 5.74) is -1.80. The summed E-state index contributed by atoms with van der Waals surface area (Å²) < 4.78 is 49.2. The zero-order valence-corrected chi connectivity index (χ0v) is 14.4. The van der Waals surface area contributed by atoms with Gasteiger partial charge in [0.1, 0.15) is 23.1 Å². The van der Waals surface area contributed by atoms with Crippen molar-refractivity contribution >= 4 is 23.2 Å². The van der Waals surface area contributed by atoms with E-state index in [9.17, 15) is 22.8 Å². The van der Waals surface area contributed by atoms with Gasteiger partial charge in [-0.25, -0.2) is 0 Å². The summed E-state index contributed by atoms with van der Waals surface area (Å²) in [4.78, 5) is 24.1. The first-order valence-corrected chi connectivity index (χ1v) is 7.52. The zero-order valence-electron chi connectivity index (χ0n) is 13.7. The number of nitrogens with one attached hydrogen (secondary N) is 1. The summed E-state index contributed by atoms with van der Waals surface area (Å²) in [6.07, 6.45) is -4.16. The number of alkyl halides is 3. The van der Waals surface area contributed by atoms with E-state index in [1.165, 1.54) is 20.3 Å². The third-order valence-electron chi connectivity index (χ3n) is 3.36. The number of hydrogen-bond acceptors (Lipinski definition) is 4. The van der Waals surface area contributed by atoms with Gasteiger partial charge in [0.05, 0.1) is 25.5 Å². The van der Waals surface area contributed by atoms with Gasteiger partial charge >= 0.3 is 6.18 Å². The molecule has 0 aliphatic rings. The SMILES string of the molecule is COc1ccc(OC)c(NC(=O)Cn2cc(C(F)(F)F)cc(Cl)c2=O)c1. The molecule has 0 fully saturated rings. The summed E-state index contributed by atoms with van der Waals surface area (Å²) in [7, 11) is 2.81. The van der Waals surface area contributed by atoms with Crippen molar-refractivity contribution in [2.45, 2.75) is 12.7 Å². The van der Waals surface area contributed by atoms with Crippen LogP contribution < -0.4 is 20.3 Å². The van der Waals surface area contributed by atoms with Gasteiger partial charge in [-0.1, -0.05) is 11.6 Å². The van der Waals surface area contributed by atoms with Crippen molar-refractivity contribution in [3.8, 4) is 11.5 Å². The lowest BCUT2D eigenvalue weighted by Gasteiger charge is -2.14. The summed E-state index contributed by atoms with van der Waals surface area (Å²) in [5.74, 6) is 0.00277. The fraction of sp³-hybridized carbons (Fsp3) is 0.250. The van der Waals surface area contributed by atoms with E-state index >= 15 is 0 Å². The van der Waals surface area contributed by atoms with Crippen molar-refractivity contribution in [1.82, 2.24) is 4.57 Å². The van der Waals surface area contributed by atoms with Crippen molar-refractivity contribution in [1.29, 1.82) is 0 Å². The molecule has 0 aliphatic heterocycles. The molecule has 0 unspecified atom stereocenters. The molecule has 0 bridgehead atoms. The van der Waals surface area contributed by atoms with Crippen LogP contribution in [0.4, 0.5) is 18.9 Å². The highest BCUT2D eigenvalue weighted by Gasteiger charge is 2.32. The summed E-state index contributed by atoms with van der Waals surface area (Å²) in [5, 5.41) is 1.83. The molecule has 0 radical (unpaired) electrons. The number of carbonyl (C=O) groups excluding carboxylic acids is 1. The quantitative estimate of drug-likeness (QED) is 0.851. The molecule has 1 N–H and O–H groups in total. The molecule has 0 spiro atoms. The second kappa shape index (κ2) is 7.69. The molecule has 0 aliphatic carbocycles. The number of pyridine rings is 1. The first kappa shape index (κ1) is 19.6. The largest absolute Gasteiger partial charge is 0.497 e. The monoisotopic (exact) mass is 390 g/mol. The minimum absolute atomic E-state index is 0.239. The predicted octanol–water partition coefficient (Wildman–Crippen LogP) is 3.18. The van der Waals surface area contributed by atoms with Crippen LogP contribution >= 0.6 is 11.6 Å². The Kier molecular flexibility index (Phi) is 5.81. The Bertz CT molecular complexity index is 881. The van der Waals surface area contributed by atoms with E-state index in [-0.39, 0.29) is 5.69 Å². The molecule has 0 atom stereocenters. The van der Waals surface area contributed by atoms with Gasteiger partial charge in [-0.3, -0.25) is 9.59 Å². The number of carbonyl (C=O) groups is 1. The second-order valence-electron chi connectivity index (χ2n) is 5.12. The lowest BCUT2D eigenvalue weighted by atomic mass is 10.2. The van der Waals surface area contributed by atoms with Gasteiger partial charge in [-0.05, 0) is 18.2 Å². The molecule has 2 aromatic rings. The summed E-state index contributed by atoms with van der Waals surface area (Å²) >= 11 is 5.55. The van der Waals surface area contributed by atoms with E-state index in [4.69, 9.17) is 21.1 Å². The molecule has 6 nitrogen and oxygen atoms in total. The molecule has 1 heterocycles. The normalized spacial score (nSPS) is 11.2. The molecular formula is C16H14ClF3N2O4. The minimum atomic E-state index is -4.70. The van der Waals surface area contributed by atoms with Crippen LogP contribution in [0.3, 0.4) is 0 Å². The Hall–Kier alpha value is -2.68. The molecule has 140 valence electrons. The van der Waals surface area contributed by atoms with E-state index in [1.54, 1.807) is 12.1 Å². The van der Waals surface area contributed by atoms with Crippen LogP contribution in [0.25, 0.3) is 0 Å². The van der Waals surface area contributed by atoms with E-state index in [2.05, 4.69) is 5.32 Å². The first-order chi connectivity index (χ1) is 12.2. The number of ether oxygens (including phenoxy) is 2. The van der Waals surface area contributed by atoms with Crippen LogP contribution in [0, 0.1) is 0 Å². The number of aromatic nitrogens is 1. The number of nitrogens with zero attached hydrogens (tertiary/aromatic N) is 1. The highest BCUT2D eigenvalue weighted by molar-refractivity contribution is 6.30. The van der Waals surface area contributed by atoms with E-state index in [1.807, 2.05) is 0 Å². The maximum atomic E-state index is 12.8. The maximum Gasteiger partial charge on any atom is 0.417 e. The molecule has 26 heavy (non-hydrogen) atoms. The number of benzene rings is 1. The van der Waals surface area contributed by atoms with Gasteiger partial charge in [-0.2, -0.15) is 13.2 Å². The number of amides is 1. The molecule has 1 aromatic heterocycles. The Labute approximate surface area is 151 Å². The van der Waals surface area contributed by atoms with E-state index in [0.29, 0.717) is 28.3 Å². The van der Waals surface area contributed by atoms with Crippen molar-refractivity contribution in [3.05, 3.63) is 51.4 Å². The van der Waals surface area contributed by atoms with Crippen LogP contribution in [-0.4, -0.2) is 24.7 Å². The Morgan fingerprint density at radius 3 is 2.50 bits per heavy atom. The fourth-order valence-corrected chi connectivity index (χ4v) is 2.35. The Morgan fingerprint density at radius 1 is 1.23 bits per heavy atom. The molecule has 1 amide bonds. The molecule has 0 saturated carbocycles. The van der Waals surface area contributed by atoms with Crippen molar-refractivity contribution in [2.24, 2.45) is 0 Å². The number of anilines is 1. The highest BCUT2D eigenvalue weighted by Crippen LogP contribution is 2.30. The third kappa shape index (κ3) is 4.48. The average molecular weight is 391 g/mol. The van der Waals surface area contributed by atoms with Crippen molar-refractivity contribution in [2.75, 3.05) is 19.5 Å². The summed E-state index contributed by atoms with van der Waals surface area (Å²) in [6.45, 7) is -0.664. The Balaban J connectivity index is 2.29. The smallest absolute Gasteiger partial charge is 0.417 e. The van der Waals surface area contributed by atoms with Gasteiger partial charge in [0.25, 0.3) is 5.56 Å². The van der Waals surface area contributed by atoms with Crippen LogP contribution in [0.2, 0.25) is 5.02 Å². The van der Waals surface area contributed by atoms with Crippen LogP contribution in [0.5, 0.6) is 11.5 Å². The average Bonchev–Trinajstić information content (AvgIpc) is 2.57.